The first-order valence-corrected chi connectivity index (χ1v) is 6.51. The van der Waals surface area contributed by atoms with Gasteiger partial charge in [0.1, 0.15) is 0 Å². The van der Waals surface area contributed by atoms with Gasteiger partial charge in [-0.2, -0.15) is 5.10 Å². The van der Waals surface area contributed by atoms with E-state index in [1.54, 1.807) is 0 Å². The van der Waals surface area contributed by atoms with Gasteiger partial charge >= 0.3 is 0 Å². The maximum atomic E-state index is 4.15. The molecular weight excluding hydrogens is 222 g/mol. The average Bonchev–Trinajstić information content (AvgIpc) is 2.79. The van der Waals surface area contributed by atoms with E-state index in [9.17, 15) is 0 Å². The molecule has 0 radical (unpaired) electrons. The molecule has 1 aromatic heterocycles. The number of fused-ring (bicyclic) bond motifs is 1. The molecule has 1 aliphatic heterocycles. The lowest BCUT2D eigenvalue weighted by atomic mass is 9.87. The van der Waals surface area contributed by atoms with Crippen molar-refractivity contribution in [3.05, 3.63) is 41.2 Å². The molecule has 0 bridgehead atoms. The van der Waals surface area contributed by atoms with Crippen LogP contribution in [0.15, 0.2) is 24.4 Å². The van der Waals surface area contributed by atoms with Gasteiger partial charge in [0.2, 0.25) is 0 Å². The van der Waals surface area contributed by atoms with Crippen molar-refractivity contribution in [1.82, 2.24) is 15.1 Å². The first-order chi connectivity index (χ1) is 8.68. The van der Waals surface area contributed by atoms with Gasteiger partial charge in [0.05, 0.1) is 6.20 Å². The van der Waals surface area contributed by atoms with Crippen LogP contribution in [0.1, 0.15) is 29.8 Å². The number of benzene rings is 1. The molecule has 0 amide bonds. The maximum Gasteiger partial charge on any atom is 0.0568 e. The lowest BCUT2D eigenvalue weighted by molar-refractivity contribution is 0.248. The number of aromatic nitrogens is 2. The third-order valence-electron chi connectivity index (χ3n) is 4.13. The lowest BCUT2D eigenvalue weighted by Crippen LogP contribution is -2.30. The molecule has 0 aliphatic carbocycles. The van der Waals surface area contributed by atoms with E-state index in [1.165, 1.54) is 22.3 Å². The Labute approximate surface area is 108 Å². The molecule has 1 aromatic carbocycles. The fourth-order valence-electron chi connectivity index (χ4n) is 2.89. The highest BCUT2D eigenvalue weighted by Gasteiger charge is 2.24. The normalized spacial score (nSPS) is 19.8. The Morgan fingerprint density at radius 3 is 2.89 bits per heavy atom. The van der Waals surface area contributed by atoms with Gasteiger partial charge in [0, 0.05) is 23.8 Å². The fourth-order valence-corrected chi connectivity index (χ4v) is 2.89. The van der Waals surface area contributed by atoms with Gasteiger partial charge in [-0.15, -0.1) is 0 Å². The van der Waals surface area contributed by atoms with Gasteiger partial charge in [0.15, 0.2) is 0 Å². The van der Waals surface area contributed by atoms with Crippen molar-refractivity contribution in [2.75, 3.05) is 13.6 Å². The summed E-state index contributed by atoms with van der Waals surface area (Å²) in [7, 11) is 2.20. The third-order valence-corrected chi connectivity index (χ3v) is 4.13. The Morgan fingerprint density at radius 1 is 1.33 bits per heavy atom. The van der Waals surface area contributed by atoms with E-state index in [4.69, 9.17) is 0 Å². The molecule has 2 aromatic rings. The molecule has 0 saturated carbocycles. The van der Waals surface area contributed by atoms with Crippen LogP contribution in [0.2, 0.25) is 0 Å². The minimum absolute atomic E-state index is 0.472. The fraction of sp³-hybridized carbons (Fsp3) is 0.400. The quantitative estimate of drug-likeness (QED) is 0.832. The topological polar surface area (TPSA) is 31.9 Å². The van der Waals surface area contributed by atoms with E-state index >= 15 is 0 Å². The van der Waals surface area contributed by atoms with Gasteiger partial charge < -0.3 is 0 Å². The predicted molar refractivity (Wildman–Crippen MR) is 73.5 cm³/mol. The molecule has 2 heterocycles. The summed E-state index contributed by atoms with van der Waals surface area (Å²) in [4.78, 5) is 2.42. The van der Waals surface area contributed by atoms with Crippen molar-refractivity contribution in [2.45, 2.75) is 26.3 Å². The van der Waals surface area contributed by atoms with Crippen LogP contribution in [-0.4, -0.2) is 28.7 Å². The highest BCUT2D eigenvalue weighted by Crippen LogP contribution is 2.37. The molecule has 18 heavy (non-hydrogen) atoms. The summed E-state index contributed by atoms with van der Waals surface area (Å²) in [6, 6.07) is 7.11. The van der Waals surface area contributed by atoms with E-state index in [0.717, 1.165) is 18.7 Å². The van der Waals surface area contributed by atoms with Crippen LogP contribution < -0.4 is 0 Å². The number of likely N-dealkylation sites (N-methyl/N-ethyl adjacent to an activating group) is 1. The van der Waals surface area contributed by atoms with Crippen molar-refractivity contribution in [1.29, 1.82) is 0 Å². The summed E-state index contributed by atoms with van der Waals surface area (Å²) in [6.45, 7) is 5.51. The number of hydrogen-bond acceptors (Lipinski definition) is 2. The summed E-state index contributed by atoms with van der Waals surface area (Å²) in [5.41, 5.74) is 6.66. The third kappa shape index (κ3) is 1.66. The Morgan fingerprint density at radius 2 is 2.17 bits per heavy atom. The second-order valence-electron chi connectivity index (χ2n) is 5.19. The highest BCUT2D eigenvalue weighted by molar-refractivity contribution is 5.71. The number of nitrogens with one attached hydrogen (secondary N) is 1. The van der Waals surface area contributed by atoms with Crippen LogP contribution in [-0.2, 0) is 6.42 Å². The van der Waals surface area contributed by atoms with Crippen LogP contribution in [0.25, 0.3) is 11.1 Å². The molecule has 1 N–H and O–H groups in total. The van der Waals surface area contributed by atoms with E-state index in [-0.39, 0.29) is 0 Å². The zero-order chi connectivity index (χ0) is 12.7. The van der Waals surface area contributed by atoms with Crippen LogP contribution in [0.4, 0.5) is 0 Å². The predicted octanol–water partition coefficient (Wildman–Crippen LogP) is 2.93. The van der Waals surface area contributed by atoms with Crippen molar-refractivity contribution in [3.8, 4) is 11.1 Å². The summed E-state index contributed by atoms with van der Waals surface area (Å²) >= 11 is 0. The molecular formula is C15H19N3. The number of hydrogen-bond donors (Lipinski definition) is 1. The zero-order valence-corrected chi connectivity index (χ0v) is 11.2. The van der Waals surface area contributed by atoms with E-state index in [1.807, 2.05) is 6.20 Å². The Hall–Kier alpha value is -1.61. The molecule has 1 aliphatic rings. The van der Waals surface area contributed by atoms with Crippen molar-refractivity contribution in [3.63, 3.8) is 0 Å². The number of aromatic amines is 1. The number of aryl methyl sites for hydroxylation is 1. The van der Waals surface area contributed by atoms with Crippen LogP contribution in [0.5, 0.6) is 0 Å². The molecule has 3 nitrogen and oxygen atoms in total. The van der Waals surface area contributed by atoms with Gasteiger partial charge in [-0.3, -0.25) is 10.00 Å². The largest absolute Gasteiger partial charge is 0.299 e. The smallest absolute Gasteiger partial charge is 0.0568 e. The Balaban J connectivity index is 2.20. The van der Waals surface area contributed by atoms with Gasteiger partial charge in [-0.1, -0.05) is 18.2 Å². The van der Waals surface area contributed by atoms with Gasteiger partial charge in [-0.05, 0) is 44.0 Å². The summed E-state index contributed by atoms with van der Waals surface area (Å²) in [5.74, 6) is 0. The van der Waals surface area contributed by atoms with Crippen molar-refractivity contribution >= 4 is 0 Å². The molecule has 3 rings (SSSR count). The van der Waals surface area contributed by atoms with Crippen LogP contribution in [0, 0.1) is 6.92 Å². The lowest BCUT2D eigenvalue weighted by Gasteiger charge is -2.33. The first-order valence-electron chi connectivity index (χ1n) is 6.51. The molecule has 94 valence electrons. The monoisotopic (exact) mass is 241 g/mol. The maximum absolute atomic E-state index is 4.15. The summed E-state index contributed by atoms with van der Waals surface area (Å²) in [5, 5.41) is 7.19. The van der Waals surface area contributed by atoms with Crippen molar-refractivity contribution in [2.24, 2.45) is 0 Å². The van der Waals surface area contributed by atoms with E-state index in [0.29, 0.717) is 6.04 Å². The van der Waals surface area contributed by atoms with E-state index < -0.39 is 0 Å². The second kappa shape index (κ2) is 4.25. The first kappa shape index (κ1) is 11.5. The molecule has 1 unspecified atom stereocenters. The van der Waals surface area contributed by atoms with E-state index in [2.05, 4.69) is 54.2 Å². The Kier molecular flexibility index (Phi) is 2.71. The second-order valence-corrected chi connectivity index (χ2v) is 5.19. The van der Waals surface area contributed by atoms with Crippen molar-refractivity contribution < 1.29 is 0 Å². The molecule has 0 saturated heterocycles. The number of nitrogens with zero attached hydrogens (tertiary/aromatic N) is 2. The minimum Gasteiger partial charge on any atom is -0.299 e. The summed E-state index contributed by atoms with van der Waals surface area (Å²) < 4.78 is 0. The number of rotatable bonds is 1. The van der Waals surface area contributed by atoms with Gasteiger partial charge in [-0.25, -0.2) is 0 Å². The standard InChI is InChI=1S/C15H19N3/c1-10-14(9-16-17-10)13-6-4-5-12-7-8-18(3)11(2)15(12)13/h4-6,9,11H,7-8H2,1-3H3,(H,16,17). The molecule has 3 heteroatoms. The SMILES string of the molecule is Cc1[nH]ncc1-c1cccc2c1C(C)N(C)CC2. The van der Waals surface area contributed by atoms with Crippen LogP contribution in [0.3, 0.4) is 0 Å². The van der Waals surface area contributed by atoms with Crippen LogP contribution >= 0.6 is 0 Å². The van der Waals surface area contributed by atoms with Gasteiger partial charge in [0.25, 0.3) is 0 Å². The molecule has 1 atom stereocenters. The minimum atomic E-state index is 0.472. The molecule has 0 spiro atoms. The highest BCUT2D eigenvalue weighted by atomic mass is 15.1. The molecule has 0 fully saturated rings. The Bertz CT molecular complexity index is 571. The average molecular weight is 241 g/mol. The number of H-pyrrole nitrogens is 1. The summed E-state index contributed by atoms with van der Waals surface area (Å²) in [6.07, 6.45) is 3.08. The zero-order valence-electron chi connectivity index (χ0n) is 11.2.